The van der Waals surface area contributed by atoms with E-state index in [1.807, 2.05) is 59.7 Å². The summed E-state index contributed by atoms with van der Waals surface area (Å²) in [6.07, 6.45) is 2.75. The van der Waals surface area contributed by atoms with Gasteiger partial charge >= 0.3 is 6.09 Å². The number of nitrogens with one attached hydrogen (secondary N) is 2. The molecule has 2 unspecified atom stereocenters. The molecule has 204 valence electrons. The predicted octanol–water partition coefficient (Wildman–Crippen LogP) is 5.83. The third-order valence-corrected chi connectivity index (χ3v) is 5.83. The summed E-state index contributed by atoms with van der Waals surface area (Å²) in [5.74, 6) is -0.357. The lowest BCUT2D eigenvalue weighted by atomic mass is 9.94. The number of carbonyl (C=O) groups excluding carboxylic acids is 3. The third-order valence-electron chi connectivity index (χ3n) is 5.83. The Kier molecular flexibility index (Phi) is 12.4. The van der Waals surface area contributed by atoms with E-state index >= 15 is 0 Å². The topological polar surface area (TPSA) is 87.7 Å². The minimum Gasteiger partial charge on any atom is -0.444 e. The van der Waals surface area contributed by atoms with E-state index in [-0.39, 0.29) is 23.8 Å². The molecule has 0 fully saturated rings. The van der Waals surface area contributed by atoms with Crippen LogP contribution in [0.1, 0.15) is 104 Å². The molecule has 36 heavy (non-hydrogen) atoms. The number of nitrogens with zero attached hydrogens (tertiary/aromatic N) is 1. The zero-order chi connectivity index (χ0) is 27.6. The van der Waals surface area contributed by atoms with Crippen molar-refractivity contribution in [3.8, 4) is 0 Å². The van der Waals surface area contributed by atoms with E-state index in [1.165, 1.54) is 0 Å². The first-order chi connectivity index (χ1) is 16.7. The van der Waals surface area contributed by atoms with Crippen molar-refractivity contribution in [3.63, 3.8) is 0 Å². The maximum absolute atomic E-state index is 14.1. The highest BCUT2D eigenvalue weighted by atomic mass is 16.6. The summed E-state index contributed by atoms with van der Waals surface area (Å²) in [6.45, 7) is 19.8. The van der Waals surface area contributed by atoms with Crippen LogP contribution < -0.4 is 10.6 Å². The number of aryl methyl sites for hydroxylation is 2. The molecule has 7 nitrogen and oxygen atoms in total. The van der Waals surface area contributed by atoms with Crippen LogP contribution in [0.4, 0.5) is 4.79 Å². The van der Waals surface area contributed by atoms with E-state index in [9.17, 15) is 14.4 Å². The first kappa shape index (κ1) is 31.5. The van der Waals surface area contributed by atoms with Gasteiger partial charge in [0, 0.05) is 12.6 Å². The lowest BCUT2D eigenvalue weighted by Gasteiger charge is -2.38. The van der Waals surface area contributed by atoms with Crippen molar-refractivity contribution in [1.82, 2.24) is 15.5 Å². The summed E-state index contributed by atoms with van der Waals surface area (Å²) < 4.78 is 5.44. The molecule has 0 aliphatic heterocycles. The quantitative estimate of drug-likeness (QED) is 0.352. The second-order valence-electron chi connectivity index (χ2n) is 11.4. The molecule has 3 amide bonds. The number of amides is 3. The highest BCUT2D eigenvalue weighted by molar-refractivity contribution is 5.92. The predicted molar refractivity (Wildman–Crippen MR) is 146 cm³/mol. The molecule has 0 aliphatic rings. The Morgan fingerprint density at radius 3 is 2.17 bits per heavy atom. The van der Waals surface area contributed by atoms with E-state index in [0.717, 1.165) is 36.0 Å². The van der Waals surface area contributed by atoms with Crippen LogP contribution in [0.3, 0.4) is 0 Å². The van der Waals surface area contributed by atoms with Crippen LogP contribution in [-0.4, -0.2) is 47.0 Å². The Hall–Kier alpha value is -2.57. The van der Waals surface area contributed by atoms with Gasteiger partial charge in [-0.15, -0.1) is 0 Å². The molecule has 1 aromatic carbocycles. The Balaban J connectivity index is 3.45. The second kappa shape index (κ2) is 14.2. The highest BCUT2D eigenvalue weighted by Crippen LogP contribution is 2.29. The molecule has 0 aliphatic carbocycles. The average Bonchev–Trinajstić information content (AvgIpc) is 2.72. The molecule has 0 saturated carbocycles. The molecule has 0 aromatic heterocycles. The normalized spacial score (nSPS) is 13.3. The Morgan fingerprint density at radius 2 is 1.67 bits per heavy atom. The first-order valence-electron chi connectivity index (χ1n) is 13.3. The maximum Gasteiger partial charge on any atom is 0.408 e. The largest absolute Gasteiger partial charge is 0.444 e. The molecule has 2 N–H and O–H groups in total. The van der Waals surface area contributed by atoms with Crippen molar-refractivity contribution in [2.45, 2.75) is 119 Å². The molecule has 0 saturated heterocycles. The van der Waals surface area contributed by atoms with Crippen LogP contribution in [0.25, 0.3) is 0 Å². The van der Waals surface area contributed by atoms with Gasteiger partial charge < -0.3 is 20.3 Å². The molecule has 0 radical (unpaired) electrons. The van der Waals surface area contributed by atoms with Crippen molar-refractivity contribution in [2.24, 2.45) is 5.92 Å². The standard InChI is InChI=1S/C29H49N3O4/c1-11-12-13-16-30-26(33)25(23-15-14-21(6)18-22(23)7)32(20(4)5)27(34)24(17-19(2)3)31-28(35)36-29(8,9)10/h14-15,18-20,24-25H,11-13,16-17H2,1-10H3,(H,30,33)(H,31,35). The Morgan fingerprint density at radius 1 is 1.03 bits per heavy atom. The fraction of sp³-hybridized carbons (Fsp3) is 0.690. The van der Waals surface area contributed by atoms with Crippen molar-refractivity contribution in [2.75, 3.05) is 6.54 Å². The van der Waals surface area contributed by atoms with Crippen LogP contribution in [0, 0.1) is 19.8 Å². The summed E-state index contributed by atoms with van der Waals surface area (Å²) in [7, 11) is 0. The molecular formula is C29H49N3O4. The summed E-state index contributed by atoms with van der Waals surface area (Å²) in [6, 6.07) is 4.02. The van der Waals surface area contributed by atoms with Gasteiger partial charge in [-0.25, -0.2) is 4.79 Å². The molecule has 7 heteroatoms. The van der Waals surface area contributed by atoms with Crippen molar-refractivity contribution < 1.29 is 19.1 Å². The highest BCUT2D eigenvalue weighted by Gasteiger charge is 2.38. The molecule has 1 aromatic rings. The maximum atomic E-state index is 14.1. The second-order valence-corrected chi connectivity index (χ2v) is 11.4. The van der Waals surface area contributed by atoms with Crippen molar-refractivity contribution >= 4 is 17.9 Å². The van der Waals surface area contributed by atoms with Crippen LogP contribution in [0.2, 0.25) is 0 Å². The van der Waals surface area contributed by atoms with Crippen LogP contribution in [-0.2, 0) is 14.3 Å². The van der Waals surface area contributed by atoms with Gasteiger partial charge in [0.1, 0.15) is 17.7 Å². The monoisotopic (exact) mass is 503 g/mol. The van der Waals surface area contributed by atoms with Crippen molar-refractivity contribution in [1.29, 1.82) is 0 Å². The van der Waals surface area contributed by atoms with Crippen LogP contribution in [0.5, 0.6) is 0 Å². The number of carbonyl (C=O) groups is 3. The Labute approximate surface area is 218 Å². The zero-order valence-corrected chi connectivity index (χ0v) is 24.2. The number of rotatable bonds is 12. The molecule has 0 spiro atoms. The van der Waals surface area contributed by atoms with E-state index in [0.29, 0.717) is 13.0 Å². The van der Waals surface area contributed by atoms with E-state index in [4.69, 9.17) is 4.74 Å². The number of ether oxygens (including phenoxy) is 1. The van der Waals surface area contributed by atoms with Gasteiger partial charge in [0.05, 0.1) is 0 Å². The van der Waals surface area contributed by atoms with Gasteiger partial charge in [-0.3, -0.25) is 9.59 Å². The lowest BCUT2D eigenvalue weighted by molar-refractivity contribution is -0.145. The lowest BCUT2D eigenvalue weighted by Crippen LogP contribution is -2.55. The van der Waals surface area contributed by atoms with E-state index < -0.39 is 23.8 Å². The minimum absolute atomic E-state index is 0.144. The van der Waals surface area contributed by atoms with Gasteiger partial charge in [0.15, 0.2) is 0 Å². The Bertz CT molecular complexity index is 874. The van der Waals surface area contributed by atoms with Crippen molar-refractivity contribution in [3.05, 3.63) is 34.9 Å². The van der Waals surface area contributed by atoms with Gasteiger partial charge in [-0.1, -0.05) is 57.4 Å². The minimum atomic E-state index is -0.816. The first-order valence-corrected chi connectivity index (χ1v) is 13.3. The smallest absolute Gasteiger partial charge is 0.408 e. The molecule has 2 atom stereocenters. The van der Waals surface area contributed by atoms with E-state index in [1.54, 1.807) is 25.7 Å². The number of hydrogen-bond donors (Lipinski definition) is 2. The number of unbranched alkanes of at least 4 members (excludes halogenated alkanes) is 2. The SMILES string of the molecule is CCCCCNC(=O)C(c1ccc(C)cc1C)N(C(=O)C(CC(C)C)NC(=O)OC(C)(C)C)C(C)C. The molecule has 0 heterocycles. The fourth-order valence-corrected chi connectivity index (χ4v) is 4.24. The third kappa shape index (κ3) is 10.2. The van der Waals surface area contributed by atoms with Crippen LogP contribution >= 0.6 is 0 Å². The van der Waals surface area contributed by atoms with Crippen LogP contribution in [0.15, 0.2) is 18.2 Å². The van der Waals surface area contributed by atoms with E-state index in [2.05, 4.69) is 17.6 Å². The summed E-state index contributed by atoms with van der Waals surface area (Å²) in [5.41, 5.74) is 2.14. The average molecular weight is 504 g/mol. The molecule has 0 bridgehead atoms. The zero-order valence-electron chi connectivity index (χ0n) is 24.2. The molecular weight excluding hydrogens is 454 g/mol. The fourth-order valence-electron chi connectivity index (χ4n) is 4.24. The molecule has 1 rings (SSSR count). The van der Waals surface area contributed by atoms with Gasteiger partial charge in [-0.05, 0) is 78.4 Å². The van der Waals surface area contributed by atoms with Gasteiger partial charge in [0.2, 0.25) is 11.8 Å². The summed E-state index contributed by atoms with van der Waals surface area (Å²) in [4.78, 5) is 42.0. The number of benzene rings is 1. The summed E-state index contributed by atoms with van der Waals surface area (Å²) >= 11 is 0. The van der Waals surface area contributed by atoms with Gasteiger partial charge in [-0.2, -0.15) is 0 Å². The number of hydrogen-bond acceptors (Lipinski definition) is 4. The van der Waals surface area contributed by atoms with Gasteiger partial charge in [0.25, 0.3) is 0 Å². The summed E-state index contributed by atoms with van der Waals surface area (Å²) in [5, 5.41) is 5.84. The number of alkyl carbamates (subject to hydrolysis) is 1.